The van der Waals surface area contributed by atoms with Crippen LogP contribution in [0.1, 0.15) is 32.8 Å². The van der Waals surface area contributed by atoms with E-state index < -0.39 is 0 Å². The lowest BCUT2D eigenvalue weighted by Crippen LogP contribution is -2.44. The van der Waals surface area contributed by atoms with Gasteiger partial charge in [0.15, 0.2) is 5.69 Å². The number of ether oxygens (including phenoxy) is 1. The normalized spacial score (nSPS) is 16.5. The number of nitrogens with one attached hydrogen (secondary N) is 2. The summed E-state index contributed by atoms with van der Waals surface area (Å²) >= 11 is 0. The largest absolute Gasteiger partial charge is 0.384 e. The van der Waals surface area contributed by atoms with Gasteiger partial charge in [0.25, 0.3) is 11.8 Å². The minimum Gasteiger partial charge on any atom is -0.384 e. The zero-order chi connectivity index (χ0) is 28.8. The molecule has 218 valence electrons. The molecule has 0 unspecified atom stereocenters. The summed E-state index contributed by atoms with van der Waals surface area (Å²) in [6.45, 7) is 10.2. The van der Waals surface area contributed by atoms with Crippen LogP contribution in [0.5, 0.6) is 0 Å². The lowest BCUT2D eigenvalue weighted by molar-refractivity contribution is 0.0374. The average molecular weight is 563 g/mol. The van der Waals surface area contributed by atoms with Crippen molar-refractivity contribution in [3.05, 3.63) is 53.5 Å². The first-order chi connectivity index (χ1) is 19.9. The van der Waals surface area contributed by atoms with Crippen molar-refractivity contribution in [3.63, 3.8) is 0 Å². The van der Waals surface area contributed by atoms with Crippen LogP contribution < -0.4 is 21.3 Å². The molecule has 4 heterocycles. The predicted octanol–water partition coefficient (Wildman–Crippen LogP) is 1.01. The molecule has 0 radical (unpaired) electrons. The van der Waals surface area contributed by atoms with E-state index in [2.05, 4.69) is 47.7 Å². The Hall–Kier alpha value is -4.07. The minimum absolute atomic E-state index is 0.230. The summed E-state index contributed by atoms with van der Waals surface area (Å²) in [5, 5.41) is 14.3. The van der Waals surface area contributed by atoms with Gasteiger partial charge < -0.3 is 30.9 Å². The molecule has 0 saturated carbocycles. The van der Waals surface area contributed by atoms with E-state index in [1.807, 2.05) is 25.1 Å². The fraction of sp³-hybridized carbons (Fsp3) is 0.464. The first kappa shape index (κ1) is 28.5. The van der Waals surface area contributed by atoms with Crippen molar-refractivity contribution >= 4 is 29.0 Å². The van der Waals surface area contributed by atoms with Crippen LogP contribution in [0.3, 0.4) is 0 Å². The van der Waals surface area contributed by atoms with Crippen molar-refractivity contribution in [2.45, 2.75) is 13.3 Å². The molecule has 2 aliphatic rings. The summed E-state index contributed by atoms with van der Waals surface area (Å²) < 4.78 is 6.92. The highest BCUT2D eigenvalue weighted by Crippen LogP contribution is 2.30. The number of rotatable bonds is 9. The van der Waals surface area contributed by atoms with Crippen LogP contribution in [0.2, 0.25) is 0 Å². The molecular weight excluding hydrogens is 524 g/mol. The van der Waals surface area contributed by atoms with Gasteiger partial charge in [-0.1, -0.05) is 5.21 Å². The Bertz CT molecular complexity index is 1360. The highest BCUT2D eigenvalue weighted by atomic mass is 16.5. The zero-order valence-corrected chi connectivity index (χ0v) is 23.7. The van der Waals surface area contributed by atoms with Crippen LogP contribution in [0.4, 0.5) is 17.2 Å². The number of carbonyl (C=O) groups excluding carboxylic acids is 2. The molecule has 0 aliphatic carbocycles. The van der Waals surface area contributed by atoms with Gasteiger partial charge in [-0.25, -0.2) is 9.67 Å². The first-order valence-electron chi connectivity index (χ1n) is 14.0. The molecule has 2 amide bonds. The number of benzene rings is 1. The second-order valence-corrected chi connectivity index (χ2v) is 10.5. The van der Waals surface area contributed by atoms with E-state index in [9.17, 15) is 9.59 Å². The molecule has 0 atom stereocenters. The second kappa shape index (κ2) is 13.1. The summed E-state index contributed by atoms with van der Waals surface area (Å²) in [5.41, 5.74) is 9.42. The number of morpholine rings is 1. The third-order valence-corrected chi connectivity index (χ3v) is 7.48. The summed E-state index contributed by atoms with van der Waals surface area (Å²) in [6, 6.07) is 7.41. The Balaban J connectivity index is 1.30. The second-order valence-electron chi connectivity index (χ2n) is 10.5. The summed E-state index contributed by atoms with van der Waals surface area (Å²) in [7, 11) is 2.10. The predicted molar refractivity (Wildman–Crippen MR) is 157 cm³/mol. The summed E-state index contributed by atoms with van der Waals surface area (Å²) in [5.74, 6) is -0.187. The highest BCUT2D eigenvalue weighted by molar-refractivity contribution is 6.07. The summed E-state index contributed by atoms with van der Waals surface area (Å²) in [6.07, 6.45) is 3.93. The van der Waals surface area contributed by atoms with Crippen LogP contribution in [0.25, 0.3) is 5.69 Å². The van der Waals surface area contributed by atoms with Crippen molar-refractivity contribution < 1.29 is 14.3 Å². The summed E-state index contributed by atoms with van der Waals surface area (Å²) in [4.78, 5) is 36.9. The van der Waals surface area contributed by atoms with E-state index in [4.69, 9.17) is 10.5 Å². The van der Waals surface area contributed by atoms with Crippen LogP contribution in [0, 0.1) is 6.92 Å². The Morgan fingerprint density at radius 3 is 2.59 bits per heavy atom. The number of pyridine rings is 1. The maximum Gasteiger partial charge on any atom is 0.273 e. The van der Waals surface area contributed by atoms with Crippen molar-refractivity contribution in [1.82, 2.24) is 35.1 Å². The van der Waals surface area contributed by atoms with E-state index >= 15 is 0 Å². The molecule has 0 bridgehead atoms. The number of nitrogens with zero attached hydrogens (tertiary/aromatic N) is 7. The van der Waals surface area contributed by atoms with E-state index in [0.29, 0.717) is 29.3 Å². The number of hydrogen-bond acceptors (Lipinski definition) is 10. The van der Waals surface area contributed by atoms with Gasteiger partial charge >= 0.3 is 0 Å². The number of piperazine rings is 1. The first-order valence-corrected chi connectivity index (χ1v) is 14.0. The maximum absolute atomic E-state index is 13.3. The lowest BCUT2D eigenvalue weighted by Gasteiger charge is -2.35. The molecule has 13 nitrogen and oxygen atoms in total. The molecule has 2 saturated heterocycles. The Labute approximate surface area is 239 Å². The molecule has 2 fully saturated rings. The number of carbonyl (C=O) groups is 2. The van der Waals surface area contributed by atoms with Crippen molar-refractivity contribution in [1.29, 1.82) is 0 Å². The van der Waals surface area contributed by atoms with Gasteiger partial charge in [-0.2, -0.15) is 0 Å². The highest BCUT2D eigenvalue weighted by Gasteiger charge is 2.21. The number of amides is 2. The van der Waals surface area contributed by atoms with Gasteiger partial charge in [-0.3, -0.25) is 14.5 Å². The van der Waals surface area contributed by atoms with E-state index in [0.717, 1.165) is 76.7 Å². The molecule has 41 heavy (non-hydrogen) atoms. The quantitative estimate of drug-likeness (QED) is 0.323. The standard InChI is InChI=1S/C28H38N10O3/c1-20-16-26(29)31-18-22(20)27(39)32-23-17-21(4-5-25(23)37-10-8-35(2)9-11-37)38-19-24(33-34-38)28(40)30-6-3-7-36-12-14-41-15-13-36/h4-5,16-19H,3,6-15H2,1-2H3,(H2,29,31)(H,30,40)(H,32,39). The van der Waals surface area contributed by atoms with Crippen molar-refractivity contribution in [2.24, 2.45) is 0 Å². The molecule has 3 aromatic rings. The van der Waals surface area contributed by atoms with E-state index in [-0.39, 0.29) is 17.5 Å². The molecule has 1 aromatic carbocycles. The van der Waals surface area contributed by atoms with Gasteiger partial charge in [0.2, 0.25) is 0 Å². The smallest absolute Gasteiger partial charge is 0.273 e. The molecule has 2 aliphatic heterocycles. The Kier molecular flexibility index (Phi) is 9.07. The molecular formula is C28H38N10O3. The lowest BCUT2D eigenvalue weighted by atomic mass is 10.1. The number of nitrogen functional groups attached to an aromatic ring is 1. The van der Waals surface area contributed by atoms with Gasteiger partial charge in [-0.15, -0.1) is 5.10 Å². The zero-order valence-electron chi connectivity index (χ0n) is 23.7. The SMILES string of the molecule is Cc1cc(N)ncc1C(=O)Nc1cc(-n2cc(C(=O)NCCCN3CCOCC3)nn2)ccc1N1CCN(C)CC1. The van der Waals surface area contributed by atoms with Crippen LogP contribution in [-0.4, -0.2) is 114 Å². The Morgan fingerprint density at radius 1 is 1.05 bits per heavy atom. The molecule has 4 N–H and O–H groups in total. The number of aromatic nitrogens is 4. The average Bonchev–Trinajstić information content (AvgIpc) is 3.47. The molecule has 2 aromatic heterocycles. The van der Waals surface area contributed by atoms with Crippen LogP contribution >= 0.6 is 0 Å². The van der Waals surface area contributed by atoms with Gasteiger partial charge in [-0.05, 0) is 56.8 Å². The fourth-order valence-electron chi connectivity index (χ4n) is 5.01. The monoisotopic (exact) mass is 562 g/mol. The van der Waals surface area contributed by atoms with E-state index in [1.165, 1.54) is 6.20 Å². The number of aryl methyl sites for hydroxylation is 1. The fourth-order valence-corrected chi connectivity index (χ4v) is 5.01. The van der Waals surface area contributed by atoms with Crippen LogP contribution in [-0.2, 0) is 4.74 Å². The number of anilines is 3. The van der Waals surface area contributed by atoms with Crippen molar-refractivity contribution in [3.8, 4) is 5.69 Å². The van der Waals surface area contributed by atoms with Crippen LogP contribution in [0.15, 0.2) is 36.7 Å². The van der Waals surface area contributed by atoms with E-state index in [1.54, 1.807) is 16.9 Å². The third kappa shape index (κ3) is 7.17. The molecule has 13 heteroatoms. The number of hydrogen-bond donors (Lipinski definition) is 3. The molecule has 5 rings (SSSR count). The third-order valence-electron chi connectivity index (χ3n) is 7.48. The molecule has 0 spiro atoms. The van der Waals surface area contributed by atoms with Gasteiger partial charge in [0, 0.05) is 52.0 Å². The number of likely N-dealkylation sites (N-methyl/N-ethyl adjacent to an activating group) is 1. The minimum atomic E-state index is -0.279. The Morgan fingerprint density at radius 2 is 1.83 bits per heavy atom. The van der Waals surface area contributed by atoms with Gasteiger partial charge in [0.05, 0.1) is 42.0 Å². The van der Waals surface area contributed by atoms with Crippen molar-refractivity contribution in [2.75, 3.05) is 88.6 Å². The van der Waals surface area contributed by atoms with Gasteiger partial charge in [0.1, 0.15) is 5.82 Å². The topological polar surface area (TPSA) is 147 Å². The number of nitrogens with two attached hydrogens (primary N) is 1. The maximum atomic E-state index is 13.3.